The third-order valence-corrected chi connectivity index (χ3v) is 5.77. The summed E-state index contributed by atoms with van der Waals surface area (Å²) >= 11 is 0. The maximum absolute atomic E-state index is 13.0. The fourth-order valence-electron chi connectivity index (χ4n) is 4.29. The summed E-state index contributed by atoms with van der Waals surface area (Å²) in [6.07, 6.45) is 5.83. The minimum atomic E-state index is -0.149. The number of carbonyl (C=O) groups excluding carboxylic acids is 1. The molecule has 1 fully saturated rings. The Morgan fingerprint density at radius 3 is 2.68 bits per heavy atom. The summed E-state index contributed by atoms with van der Waals surface area (Å²) in [6.45, 7) is 0.785. The fourth-order valence-corrected chi connectivity index (χ4v) is 4.29. The molecule has 3 unspecified atom stereocenters. The molecule has 0 spiro atoms. The second kappa shape index (κ2) is 9.44. The Morgan fingerprint density at radius 1 is 1.07 bits per heavy atom. The average molecular weight is 401 g/mol. The number of nitrogens with two attached hydrogens (primary N) is 1. The van der Waals surface area contributed by atoms with Crippen LogP contribution in [-0.2, 0) is 11.2 Å². The average Bonchev–Trinajstić information content (AvgIpc) is 2.72. The van der Waals surface area contributed by atoms with Crippen LogP contribution in [0.25, 0.3) is 0 Å². The van der Waals surface area contributed by atoms with Crippen LogP contribution in [0.4, 0.5) is 0 Å². The fraction of sp³-hybridized carbons (Fsp3) is 0.435. The van der Waals surface area contributed by atoms with E-state index in [0.29, 0.717) is 0 Å². The van der Waals surface area contributed by atoms with Gasteiger partial charge >= 0.3 is 0 Å². The number of rotatable bonds is 4. The third kappa shape index (κ3) is 4.68. The van der Waals surface area contributed by atoms with Crippen LogP contribution in [0.15, 0.2) is 48.5 Å². The van der Waals surface area contributed by atoms with Gasteiger partial charge in [-0.3, -0.25) is 4.79 Å². The number of hydrogen-bond acceptors (Lipinski definition) is 3. The minimum absolute atomic E-state index is 0. The molecule has 1 saturated carbocycles. The predicted molar refractivity (Wildman–Crippen MR) is 114 cm³/mol. The standard InChI is InChI=1S/C23H28N2O2.ClH/c24-20-10-4-8-19(15-20)23(26)25-22(16-6-2-1-3-7-16)18-11-12-21-17(14-18)9-5-13-27-21;/h1-3,6-7,11-12,14,19-20,22H,4-5,8-10,13,15,24H2,(H,25,26);1H. The van der Waals surface area contributed by atoms with Crippen molar-refractivity contribution in [3.05, 3.63) is 65.2 Å². The van der Waals surface area contributed by atoms with Gasteiger partial charge in [0.1, 0.15) is 5.75 Å². The van der Waals surface area contributed by atoms with E-state index in [0.717, 1.165) is 62.0 Å². The zero-order valence-electron chi connectivity index (χ0n) is 16.1. The van der Waals surface area contributed by atoms with E-state index in [1.54, 1.807) is 0 Å². The van der Waals surface area contributed by atoms with E-state index >= 15 is 0 Å². The summed E-state index contributed by atoms with van der Waals surface area (Å²) in [7, 11) is 0. The highest BCUT2D eigenvalue weighted by atomic mass is 35.5. The molecular formula is C23H29ClN2O2. The minimum Gasteiger partial charge on any atom is -0.493 e. The second-order valence-corrected chi connectivity index (χ2v) is 7.80. The van der Waals surface area contributed by atoms with Gasteiger partial charge in [-0.05, 0) is 60.9 Å². The molecule has 1 aliphatic heterocycles. The van der Waals surface area contributed by atoms with Crippen LogP contribution in [0, 0.1) is 5.92 Å². The normalized spacial score (nSPS) is 22.2. The lowest BCUT2D eigenvalue weighted by molar-refractivity contribution is -0.126. The molecule has 3 atom stereocenters. The topological polar surface area (TPSA) is 64.4 Å². The molecular weight excluding hydrogens is 372 g/mol. The monoisotopic (exact) mass is 400 g/mol. The van der Waals surface area contributed by atoms with Gasteiger partial charge in [0.25, 0.3) is 0 Å². The SMILES string of the molecule is Cl.NC1CCCC(C(=O)NC(c2ccccc2)c2ccc3c(c2)CCCO3)C1. The van der Waals surface area contributed by atoms with Crippen molar-refractivity contribution in [3.8, 4) is 5.75 Å². The van der Waals surface area contributed by atoms with Crippen LogP contribution in [-0.4, -0.2) is 18.6 Å². The zero-order chi connectivity index (χ0) is 18.6. The van der Waals surface area contributed by atoms with Gasteiger partial charge in [0.05, 0.1) is 12.6 Å². The van der Waals surface area contributed by atoms with E-state index in [1.807, 2.05) is 24.3 Å². The first kappa shape index (κ1) is 20.7. The van der Waals surface area contributed by atoms with Gasteiger partial charge < -0.3 is 15.8 Å². The van der Waals surface area contributed by atoms with Crippen molar-refractivity contribution in [2.75, 3.05) is 6.61 Å². The van der Waals surface area contributed by atoms with Gasteiger partial charge in [-0.25, -0.2) is 0 Å². The molecule has 0 aromatic heterocycles. The zero-order valence-corrected chi connectivity index (χ0v) is 16.9. The van der Waals surface area contributed by atoms with Crippen molar-refractivity contribution in [2.45, 2.75) is 50.6 Å². The maximum atomic E-state index is 13.0. The Hall–Kier alpha value is -2.04. The van der Waals surface area contributed by atoms with E-state index in [1.165, 1.54) is 5.56 Å². The molecule has 2 aliphatic rings. The summed E-state index contributed by atoms with van der Waals surface area (Å²) in [5.41, 5.74) is 9.54. The van der Waals surface area contributed by atoms with Gasteiger partial charge in [-0.2, -0.15) is 0 Å². The molecule has 1 heterocycles. The van der Waals surface area contributed by atoms with Crippen LogP contribution < -0.4 is 15.8 Å². The van der Waals surface area contributed by atoms with Crippen LogP contribution in [0.5, 0.6) is 5.75 Å². The number of hydrogen-bond donors (Lipinski definition) is 2. The summed E-state index contributed by atoms with van der Waals surface area (Å²) in [5, 5.41) is 3.31. The quantitative estimate of drug-likeness (QED) is 0.810. The van der Waals surface area contributed by atoms with Crippen molar-refractivity contribution in [1.82, 2.24) is 5.32 Å². The first-order chi connectivity index (χ1) is 13.2. The predicted octanol–water partition coefficient (Wildman–Crippen LogP) is 4.16. The highest BCUT2D eigenvalue weighted by molar-refractivity contribution is 5.85. The number of halogens is 1. The Morgan fingerprint density at radius 2 is 1.89 bits per heavy atom. The van der Waals surface area contributed by atoms with Crippen molar-refractivity contribution in [1.29, 1.82) is 0 Å². The molecule has 4 rings (SSSR count). The number of aryl methyl sites for hydroxylation is 1. The highest BCUT2D eigenvalue weighted by Crippen LogP contribution is 2.31. The van der Waals surface area contributed by atoms with Crippen molar-refractivity contribution < 1.29 is 9.53 Å². The van der Waals surface area contributed by atoms with E-state index in [-0.39, 0.29) is 36.3 Å². The molecule has 2 aromatic carbocycles. The molecule has 150 valence electrons. The molecule has 28 heavy (non-hydrogen) atoms. The van der Waals surface area contributed by atoms with E-state index in [2.05, 4.69) is 29.6 Å². The summed E-state index contributed by atoms with van der Waals surface area (Å²) in [4.78, 5) is 13.0. The largest absolute Gasteiger partial charge is 0.493 e. The molecule has 3 N–H and O–H groups in total. The molecule has 4 nitrogen and oxygen atoms in total. The first-order valence-corrected chi connectivity index (χ1v) is 10.1. The van der Waals surface area contributed by atoms with Gasteiger partial charge in [-0.15, -0.1) is 12.4 Å². The smallest absolute Gasteiger partial charge is 0.223 e. The maximum Gasteiger partial charge on any atom is 0.223 e. The molecule has 0 radical (unpaired) electrons. The summed E-state index contributed by atoms with van der Waals surface area (Å²) < 4.78 is 5.75. The lowest BCUT2D eigenvalue weighted by Crippen LogP contribution is -2.39. The number of ether oxygens (including phenoxy) is 1. The number of amides is 1. The van der Waals surface area contributed by atoms with Crippen molar-refractivity contribution >= 4 is 18.3 Å². The van der Waals surface area contributed by atoms with E-state index < -0.39 is 0 Å². The van der Waals surface area contributed by atoms with Crippen LogP contribution in [0.3, 0.4) is 0 Å². The molecule has 1 aliphatic carbocycles. The molecule has 0 bridgehead atoms. The summed E-state index contributed by atoms with van der Waals surface area (Å²) in [5.74, 6) is 1.11. The second-order valence-electron chi connectivity index (χ2n) is 7.80. The highest BCUT2D eigenvalue weighted by Gasteiger charge is 2.28. The van der Waals surface area contributed by atoms with Gasteiger partial charge in [-0.1, -0.05) is 42.8 Å². The van der Waals surface area contributed by atoms with Gasteiger partial charge in [0, 0.05) is 12.0 Å². The Labute approximate surface area is 173 Å². The Kier molecular flexibility index (Phi) is 6.97. The Balaban J connectivity index is 0.00000225. The number of benzene rings is 2. The molecule has 0 saturated heterocycles. The number of nitrogens with one attached hydrogen (secondary N) is 1. The van der Waals surface area contributed by atoms with Gasteiger partial charge in [0.2, 0.25) is 5.91 Å². The number of fused-ring (bicyclic) bond motifs is 1. The number of carbonyl (C=O) groups is 1. The molecule has 2 aromatic rings. The van der Waals surface area contributed by atoms with Crippen LogP contribution in [0.2, 0.25) is 0 Å². The lowest BCUT2D eigenvalue weighted by atomic mass is 9.85. The van der Waals surface area contributed by atoms with E-state index in [4.69, 9.17) is 10.5 Å². The summed E-state index contributed by atoms with van der Waals surface area (Å²) in [6, 6.07) is 16.5. The Bertz CT molecular complexity index is 796. The molecule has 1 amide bonds. The van der Waals surface area contributed by atoms with Crippen LogP contribution >= 0.6 is 12.4 Å². The lowest BCUT2D eigenvalue weighted by Gasteiger charge is -2.29. The van der Waals surface area contributed by atoms with Gasteiger partial charge in [0.15, 0.2) is 0 Å². The van der Waals surface area contributed by atoms with Crippen molar-refractivity contribution in [3.63, 3.8) is 0 Å². The van der Waals surface area contributed by atoms with Crippen molar-refractivity contribution in [2.24, 2.45) is 11.7 Å². The third-order valence-electron chi connectivity index (χ3n) is 5.77. The van der Waals surface area contributed by atoms with Crippen LogP contribution in [0.1, 0.15) is 54.8 Å². The van der Waals surface area contributed by atoms with E-state index in [9.17, 15) is 4.79 Å². The molecule has 5 heteroatoms. The first-order valence-electron chi connectivity index (χ1n) is 10.1.